The van der Waals surface area contributed by atoms with Crippen LogP contribution in [0.2, 0.25) is 0 Å². The number of hydrogen-bond acceptors (Lipinski definition) is 5. The van der Waals surface area contributed by atoms with Gasteiger partial charge in [0.2, 0.25) is 0 Å². The maximum absolute atomic E-state index is 10.5. The van der Waals surface area contributed by atoms with E-state index in [4.69, 9.17) is 5.73 Å². The molecule has 2 rings (SSSR count). The summed E-state index contributed by atoms with van der Waals surface area (Å²) in [6.45, 7) is 0. The molecule has 0 bridgehead atoms. The van der Waals surface area contributed by atoms with Crippen molar-refractivity contribution < 1.29 is 4.79 Å². The van der Waals surface area contributed by atoms with E-state index in [1.807, 2.05) is 0 Å². The van der Waals surface area contributed by atoms with Gasteiger partial charge in [0.15, 0.2) is 6.29 Å². The Hall–Kier alpha value is -1.49. The van der Waals surface area contributed by atoms with Crippen LogP contribution in [0.1, 0.15) is 10.4 Å². The van der Waals surface area contributed by atoms with Crippen molar-refractivity contribution in [2.24, 2.45) is 0 Å². The van der Waals surface area contributed by atoms with Gasteiger partial charge in [0, 0.05) is 5.56 Å². The first-order valence-electron chi connectivity index (χ1n) is 3.29. The van der Waals surface area contributed by atoms with Gasteiger partial charge in [-0.1, -0.05) is 0 Å². The normalized spacial score (nSPS) is 10.3. The molecule has 0 aliphatic carbocycles. The summed E-state index contributed by atoms with van der Waals surface area (Å²) in [5, 5.41) is 0. The van der Waals surface area contributed by atoms with Crippen molar-refractivity contribution in [3.05, 3.63) is 17.7 Å². The molecular formula is C7H5N3OS. The molecule has 0 unspecified atom stereocenters. The number of aromatic nitrogens is 2. The number of nitrogens with zero attached hydrogens (tertiary/aromatic N) is 2. The van der Waals surface area contributed by atoms with Gasteiger partial charge < -0.3 is 5.73 Å². The van der Waals surface area contributed by atoms with E-state index in [9.17, 15) is 4.79 Å². The van der Waals surface area contributed by atoms with E-state index in [0.29, 0.717) is 22.3 Å². The predicted octanol–water partition coefficient (Wildman–Crippen LogP) is 1.09. The molecular weight excluding hydrogens is 174 g/mol. The Labute approximate surface area is 72.3 Å². The van der Waals surface area contributed by atoms with Gasteiger partial charge in [-0.25, -0.2) is 0 Å². The third kappa shape index (κ3) is 0.868. The second kappa shape index (κ2) is 2.53. The Balaban J connectivity index is 2.91. The van der Waals surface area contributed by atoms with Gasteiger partial charge in [-0.3, -0.25) is 4.79 Å². The van der Waals surface area contributed by atoms with Crippen molar-refractivity contribution in [1.29, 1.82) is 0 Å². The number of carbonyl (C=O) groups excluding carboxylic acids is 1. The van der Waals surface area contributed by atoms with Crippen LogP contribution in [0, 0.1) is 0 Å². The van der Waals surface area contributed by atoms with E-state index in [-0.39, 0.29) is 0 Å². The Morgan fingerprint density at radius 2 is 2.08 bits per heavy atom. The number of rotatable bonds is 1. The van der Waals surface area contributed by atoms with E-state index in [2.05, 4.69) is 8.75 Å². The zero-order valence-electron chi connectivity index (χ0n) is 6.02. The maximum Gasteiger partial charge on any atom is 0.152 e. The van der Waals surface area contributed by atoms with E-state index in [0.717, 1.165) is 18.0 Å². The number of nitrogen functional groups attached to an aromatic ring is 1. The van der Waals surface area contributed by atoms with E-state index in [1.54, 1.807) is 12.1 Å². The zero-order valence-corrected chi connectivity index (χ0v) is 6.84. The number of aldehydes is 1. The summed E-state index contributed by atoms with van der Waals surface area (Å²) in [7, 11) is 0. The molecule has 1 aromatic carbocycles. The molecule has 2 aromatic rings. The smallest absolute Gasteiger partial charge is 0.152 e. The quantitative estimate of drug-likeness (QED) is 0.525. The van der Waals surface area contributed by atoms with Crippen LogP contribution in [0.4, 0.5) is 5.69 Å². The molecule has 1 aromatic heterocycles. The molecule has 0 radical (unpaired) electrons. The van der Waals surface area contributed by atoms with E-state index < -0.39 is 0 Å². The van der Waals surface area contributed by atoms with Crippen LogP contribution in [0.3, 0.4) is 0 Å². The van der Waals surface area contributed by atoms with Crippen molar-refractivity contribution in [2.45, 2.75) is 0 Å². The van der Waals surface area contributed by atoms with E-state index >= 15 is 0 Å². The molecule has 12 heavy (non-hydrogen) atoms. The van der Waals surface area contributed by atoms with Gasteiger partial charge in [0.25, 0.3) is 0 Å². The first-order chi connectivity index (χ1) is 5.83. The zero-order chi connectivity index (χ0) is 8.55. The van der Waals surface area contributed by atoms with Crippen LogP contribution in [-0.2, 0) is 0 Å². The van der Waals surface area contributed by atoms with Crippen LogP contribution < -0.4 is 5.73 Å². The summed E-state index contributed by atoms with van der Waals surface area (Å²) in [6, 6.07) is 3.31. The molecule has 0 spiro atoms. The molecule has 4 nitrogen and oxygen atoms in total. The number of carbonyl (C=O) groups is 1. The van der Waals surface area contributed by atoms with Crippen molar-refractivity contribution >= 4 is 34.7 Å². The minimum Gasteiger partial charge on any atom is -0.397 e. The second-order valence-corrected chi connectivity index (χ2v) is 2.85. The molecule has 60 valence electrons. The summed E-state index contributed by atoms with van der Waals surface area (Å²) in [6.07, 6.45) is 0.753. The molecule has 1 heterocycles. The largest absolute Gasteiger partial charge is 0.397 e. The minimum absolute atomic E-state index is 0.535. The third-order valence-electron chi connectivity index (χ3n) is 1.60. The maximum atomic E-state index is 10.5. The van der Waals surface area contributed by atoms with Crippen LogP contribution >= 0.6 is 11.7 Å². The second-order valence-electron chi connectivity index (χ2n) is 2.32. The van der Waals surface area contributed by atoms with Crippen LogP contribution in [0.5, 0.6) is 0 Å². The van der Waals surface area contributed by atoms with Gasteiger partial charge >= 0.3 is 0 Å². The molecule has 0 atom stereocenters. The molecule has 0 saturated carbocycles. The molecule has 0 aliphatic heterocycles. The van der Waals surface area contributed by atoms with Gasteiger partial charge in [-0.2, -0.15) is 8.75 Å². The highest BCUT2D eigenvalue weighted by atomic mass is 32.1. The van der Waals surface area contributed by atoms with Gasteiger partial charge in [0.1, 0.15) is 11.0 Å². The molecule has 5 heteroatoms. The van der Waals surface area contributed by atoms with Crippen molar-refractivity contribution in [1.82, 2.24) is 8.75 Å². The first kappa shape index (κ1) is 7.17. The fourth-order valence-corrected chi connectivity index (χ4v) is 1.59. The number of fused-ring (bicyclic) bond motifs is 1. The summed E-state index contributed by atoms with van der Waals surface area (Å²) < 4.78 is 7.94. The number of nitrogens with two attached hydrogens (primary N) is 1. The van der Waals surface area contributed by atoms with Gasteiger partial charge in [-0.05, 0) is 12.1 Å². The molecule has 0 aliphatic rings. The lowest BCUT2D eigenvalue weighted by Gasteiger charge is -1.94. The highest BCUT2D eigenvalue weighted by molar-refractivity contribution is 7.00. The highest BCUT2D eigenvalue weighted by Crippen LogP contribution is 2.21. The third-order valence-corrected chi connectivity index (χ3v) is 2.13. The van der Waals surface area contributed by atoms with Crippen molar-refractivity contribution in [3.63, 3.8) is 0 Å². The standard InChI is InChI=1S/C7H5N3OS/c8-5-2-1-4(3-11)6-7(5)10-12-9-6/h1-3H,8H2. The van der Waals surface area contributed by atoms with Crippen LogP contribution in [-0.4, -0.2) is 15.0 Å². The lowest BCUT2D eigenvalue weighted by molar-refractivity contribution is 0.112. The minimum atomic E-state index is 0.535. The summed E-state index contributed by atoms with van der Waals surface area (Å²) in [4.78, 5) is 10.5. The number of hydrogen-bond donors (Lipinski definition) is 1. The first-order valence-corrected chi connectivity index (χ1v) is 4.02. The average molecular weight is 179 g/mol. The van der Waals surface area contributed by atoms with Crippen LogP contribution in [0.15, 0.2) is 12.1 Å². The molecule has 0 saturated heterocycles. The van der Waals surface area contributed by atoms with Gasteiger partial charge in [0.05, 0.1) is 17.4 Å². The molecule has 0 fully saturated rings. The Kier molecular flexibility index (Phi) is 1.51. The number of benzene rings is 1. The Morgan fingerprint density at radius 3 is 2.83 bits per heavy atom. The fraction of sp³-hybridized carbons (Fsp3) is 0. The fourth-order valence-electron chi connectivity index (χ4n) is 1.000. The van der Waals surface area contributed by atoms with Crippen LogP contribution in [0.25, 0.3) is 11.0 Å². The Bertz CT molecular complexity index is 437. The van der Waals surface area contributed by atoms with Crippen molar-refractivity contribution in [2.75, 3.05) is 5.73 Å². The summed E-state index contributed by atoms with van der Waals surface area (Å²) >= 11 is 1.06. The number of anilines is 1. The summed E-state index contributed by atoms with van der Waals surface area (Å²) in [5.41, 5.74) is 7.92. The van der Waals surface area contributed by atoms with E-state index in [1.165, 1.54) is 0 Å². The average Bonchev–Trinajstić information content (AvgIpc) is 2.54. The monoisotopic (exact) mass is 179 g/mol. The SMILES string of the molecule is Nc1ccc(C=O)c2nsnc12. The molecule has 2 N–H and O–H groups in total. The summed E-state index contributed by atoms with van der Waals surface area (Å²) in [5.74, 6) is 0. The molecule has 0 amide bonds. The predicted molar refractivity (Wildman–Crippen MR) is 47.2 cm³/mol. The van der Waals surface area contributed by atoms with Gasteiger partial charge in [-0.15, -0.1) is 0 Å². The highest BCUT2D eigenvalue weighted by Gasteiger charge is 2.06. The van der Waals surface area contributed by atoms with Crippen molar-refractivity contribution in [3.8, 4) is 0 Å². The lowest BCUT2D eigenvalue weighted by Crippen LogP contribution is -1.89. The topological polar surface area (TPSA) is 68.9 Å². The lowest BCUT2D eigenvalue weighted by atomic mass is 10.2. The Morgan fingerprint density at radius 1 is 1.33 bits per heavy atom.